The maximum absolute atomic E-state index is 12.4. The first-order chi connectivity index (χ1) is 9.74. The number of nitrogens with two attached hydrogens (primary N) is 1. The first kappa shape index (κ1) is 15.4. The van der Waals surface area contributed by atoms with Crippen molar-refractivity contribution in [1.29, 1.82) is 0 Å². The Balaban J connectivity index is 1.91. The number of benzene rings is 1. The van der Waals surface area contributed by atoms with Crippen molar-refractivity contribution < 1.29 is 4.79 Å². The molecule has 1 aliphatic carbocycles. The summed E-state index contributed by atoms with van der Waals surface area (Å²) in [6, 6.07) is 10.1. The molecule has 20 heavy (non-hydrogen) atoms. The topological polar surface area (TPSA) is 55.1 Å². The van der Waals surface area contributed by atoms with Crippen LogP contribution in [-0.4, -0.2) is 29.5 Å². The van der Waals surface area contributed by atoms with Crippen molar-refractivity contribution >= 4 is 17.7 Å². The maximum atomic E-state index is 12.4. The number of thioether (sulfide) groups is 1. The van der Waals surface area contributed by atoms with Crippen molar-refractivity contribution in [1.82, 2.24) is 5.32 Å². The SMILES string of the molecule is CCSC1CCC(NC(=O)C(CN)c2ccccc2)C1. The van der Waals surface area contributed by atoms with Crippen LogP contribution >= 0.6 is 11.8 Å². The lowest BCUT2D eigenvalue weighted by atomic mass is 9.98. The summed E-state index contributed by atoms with van der Waals surface area (Å²) in [6.45, 7) is 2.55. The highest BCUT2D eigenvalue weighted by Gasteiger charge is 2.28. The summed E-state index contributed by atoms with van der Waals surface area (Å²) in [6.07, 6.45) is 3.40. The number of nitrogens with one attached hydrogen (secondary N) is 1. The summed E-state index contributed by atoms with van der Waals surface area (Å²) in [7, 11) is 0. The van der Waals surface area contributed by atoms with Gasteiger partial charge in [-0.1, -0.05) is 37.3 Å². The maximum Gasteiger partial charge on any atom is 0.229 e. The molecule has 110 valence electrons. The highest BCUT2D eigenvalue weighted by molar-refractivity contribution is 7.99. The molecule has 2 rings (SSSR count). The third-order valence-corrected chi connectivity index (χ3v) is 5.12. The van der Waals surface area contributed by atoms with Crippen molar-refractivity contribution in [3.63, 3.8) is 0 Å². The molecule has 3 unspecified atom stereocenters. The molecule has 3 atom stereocenters. The summed E-state index contributed by atoms with van der Waals surface area (Å²) < 4.78 is 0. The third kappa shape index (κ3) is 4.00. The van der Waals surface area contributed by atoms with Crippen molar-refractivity contribution in [3.05, 3.63) is 35.9 Å². The number of carbonyl (C=O) groups is 1. The van der Waals surface area contributed by atoms with Crippen LogP contribution in [0.3, 0.4) is 0 Å². The number of hydrogen-bond donors (Lipinski definition) is 2. The molecule has 1 aromatic carbocycles. The molecule has 3 N–H and O–H groups in total. The van der Waals surface area contributed by atoms with Crippen LogP contribution in [0.5, 0.6) is 0 Å². The van der Waals surface area contributed by atoms with E-state index in [0.717, 1.165) is 24.2 Å². The Hall–Kier alpha value is -1.00. The van der Waals surface area contributed by atoms with Gasteiger partial charge in [0.05, 0.1) is 5.92 Å². The summed E-state index contributed by atoms with van der Waals surface area (Å²) in [5.74, 6) is 1.00. The van der Waals surface area contributed by atoms with Gasteiger partial charge in [-0.2, -0.15) is 11.8 Å². The molecule has 1 amide bonds. The lowest BCUT2D eigenvalue weighted by Gasteiger charge is -2.19. The van der Waals surface area contributed by atoms with Crippen LogP contribution in [0.25, 0.3) is 0 Å². The van der Waals surface area contributed by atoms with Gasteiger partial charge in [-0.3, -0.25) is 4.79 Å². The summed E-state index contributed by atoms with van der Waals surface area (Å²) in [5.41, 5.74) is 6.79. The second kappa shape index (κ2) is 7.70. The largest absolute Gasteiger partial charge is 0.353 e. The Morgan fingerprint density at radius 2 is 2.15 bits per heavy atom. The molecule has 0 aliphatic heterocycles. The standard InChI is InChI=1S/C16H24N2OS/c1-2-20-14-9-8-13(10-14)18-16(19)15(11-17)12-6-4-3-5-7-12/h3-7,13-15H,2,8-11,17H2,1H3,(H,18,19). The van der Waals surface area contributed by atoms with E-state index in [1.807, 2.05) is 42.1 Å². The monoisotopic (exact) mass is 292 g/mol. The third-order valence-electron chi connectivity index (χ3n) is 3.89. The second-order valence-corrected chi connectivity index (χ2v) is 6.87. The van der Waals surface area contributed by atoms with Gasteiger partial charge in [0.1, 0.15) is 0 Å². The number of rotatable bonds is 6. The average Bonchev–Trinajstić information content (AvgIpc) is 2.88. The lowest BCUT2D eigenvalue weighted by Crippen LogP contribution is -2.39. The smallest absolute Gasteiger partial charge is 0.229 e. The first-order valence-electron chi connectivity index (χ1n) is 7.41. The van der Waals surface area contributed by atoms with Crippen LogP contribution in [0.2, 0.25) is 0 Å². The molecule has 3 nitrogen and oxygen atoms in total. The Kier molecular flexibility index (Phi) is 5.92. The molecular weight excluding hydrogens is 268 g/mol. The van der Waals surface area contributed by atoms with Crippen molar-refractivity contribution in [3.8, 4) is 0 Å². The van der Waals surface area contributed by atoms with Crippen LogP contribution in [0, 0.1) is 0 Å². The fourth-order valence-corrected chi connectivity index (χ4v) is 3.98. The van der Waals surface area contributed by atoms with Gasteiger partial charge < -0.3 is 11.1 Å². The van der Waals surface area contributed by atoms with E-state index in [-0.39, 0.29) is 11.8 Å². The lowest BCUT2D eigenvalue weighted by molar-refractivity contribution is -0.123. The number of carbonyl (C=O) groups excluding carboxylic acids is 1. The minimum absolute atomic E-state index is 0.0749. The molecule has 0 aromatic heterocycles. The number of hydrogen-bond acceptors (Lipinski definition) is 3. The molecule has 1 fully saturated rings. The van der Waals surface area contributed by atoms with Crippen LogP contribution in [0.15, 0.2) is 30.3 Å². The van der Waals surface area contributed by atoms with E-state index < -0.39 is 0 Å². The van der Waals surface area contributed by atoms with Crippen molar-refractivity contribution in [2.45, 2.75) is 43.4 Å². The summed E-state index contributed by atoms with van der Waals surface area (Å²) in [4.78, 5) is 12.4. The van der Waals surface area contributed by atoms with E-state index in [0.29, 0.717) is 17.8 Å². The van der Waals surface area contributed by atoms with E-state index >= 15 is 0 Å². The number of amides is 1. The zero-order chi connectivity index (χ0) is 14.4. The highest BCUT2D eigenvalue weighted by atomic mass is 32.2. The van der Waals surface area contributed by atoms with E-state index in [1.54, 1.807) is 0 Å². The molecule has 1 aliphatic rings. The molecule has 0 bridgehead atoms. The normalized spacial score (nSPS) is 23.5. The fraction of sp³-hybridized carbons (Fsp3) is 0.562. The van der Waals surface area contributed by atoms with Crippen LogP contribution in [-0.2, 0) is 4.79 Å². The Morgan fingerprint density at radius 3 is 2.80 bits per heavy atom. The molecule has 1 aromatic rings. The Labute approximate surface area is 125 Å². The van der Waals surface area contributed by atoms with Gasteiger partial charge in [0.2, 0.25) is 5.91 Å². The van der Waals surface area contributed by atoms with E-state index in [4.69, 9.17) is 5.73 Å². The Morgan fingerprint density at radius 1 is 1.40 bits per heavy atom. The summed E-state index contributed by atoms with van der Waals surface area (Å²) >= 11 is 2.00. The minimum Gasteiger partial charge on any atom is -0.353 e. The van der Waals surface area contributed by atoms with E-state index in [9.17, 15) is 4.79 Å². The van der Waals surface area contributed by atoms with Crippen molar-refractivity contribution in [2.75, 3.05) is 12.3 Å². The highest BCUT2D eigenvalue weighted by Crippen LogP contribution is 2.30. The molecule has 1 saturated carbocycles. The predicted octanol–water partition coefficient (Wildman–Crippen LogP) is 2.52. The first-order valence-corrected chi connectivity index (χ1v) is 8.46. The van der Waals surface area contributed by atoms with Gasteiger partial charge in [-0.05, 0) is 30.6 Å². The quantitative estimate of drug-likeness (QED) is 0.847. The van der Waals surface area contributed by atoms with Gasteiger partial charge in [-0.25, -0.2) is 0 Å². The van der Waals surface area contributed by atoms with E-state index in [1.165, 1.54) is 6.42 Å². The minimum atomic E-state index is -0.228. The zero-order valence-electron chi connectivity index (χ0n) is 12.0. The fourth-order valence-electron chi connectivity index (χ4n) is 2.84. The molecular formula is C16H24N2OS. The molecule has 0 heterocycles. The van der Waals surface area contributed by atoms with Gasteiger partial charge in [0, 0.05) is 17.8 Å². The van der Waals surface area contributed by atoms with Gasteiger partial charge in [0.25, 0.3) is 0 Å². The van der Waals surface area contributed by atoms with Crippen LogP contribution < -0.4 is 11.1 Å². The molecule has 0 spiro atoms. The second-order valence-electron chi connectivity index (χ2n) is 5.29. The van der Waals surface area contributed by atoms with Gasteiger partial charge in [0.15, 0.2) is 0 Å². The molecule has 0 radical (unpaired) electrons. The van der Waals surface area contributed by atoms with Gasteiger partial charge in [-0.15, -0.1) is 0 Å². The predicted molar refractivity (Wildman–Crippen MR) is 85.9 cm³/mol. The van der Waals surface area contributed by atoms with E-state index in [2.05, 4.69) is 12.2 Å². The summed E-state index contributed by atoms with van der Waals surface area (Å²) in [5, 5.41) is 3.89. The molecule has 4 heteroatoms. The Bertz CT molecular complexity index is 424. The molecule has 0 saturated heterocycles. The average molecular weight is 292 g/mol. The van der Waals surface area contributed by atoms with Crippen molar-refractivity contribution in [2.24, 2.45) is 5.73 Å². The van der Waals surface area contributed by atoms with Gasteiger partial charge >= 0.3 is 0 Å². The van der Waals surface area contributed by atoms with Crippen LogP contribution in [0.4, 0.5) is 0 Å². The zero-order valence-corrected chi connectivity index (χ0v) is 12.9. The van der Waals surface area contributed by atoms with Crippen LogP contribution in [0.1, 0.15) is 37.7 Å².